The molecule has 0 saturated heterocycles. The number of imidazole rings is 1. The molecule has 5 aromatic rings. The highest BCUT2D eigenvalue weighted by Gasteiger charge is 2.21. The monoisotopic (exact) mass is 470 g/mol. The molecule has 0 aliphatic heterocycles. The molecule has 0 saturated carbocycles. The summed E-state index contributed by atoms with van der Waals surface area (Å²) in [7, 11) is 1.60. The Balaban J connectivity index is 1.51. The lowest BCUT2D eigenvalue weighted by Crippen LogP contribution is -2.23. The first-order valence-corrected chi connectivity index (χ1v) is 10.1. The van der Waals surface area contributed by atoms with Crippen LogP contribution in [0, 0.1) is 19.7 Å². The average molecular weight is 470 g/mol. The summed E-state index contributed by atoms with van der Waals surface area (Å²) in [5, 5.41) is 10.7. The van der Waals surface area contributed by atoms with Crippen LogP contribution in [-0.4, -0.2) is 29.5 Å². The maximum Gasteiger partial charge on any atom is 0.329 e. The minimum Gasteiger partial charge on any atom is -0.415 e. The normalized spacial score (nSPS) is 11.7. The second-order valence-corrected chi connectivity index (χ2v) is 7.73. The van der Waals surface area contributed by atoms with Gasteiger partial charge in [-0.15, -0.1) is 10.2 Å². The van der Waals surface area contributed by atoms with Crippen molar-refractivity contribution in [1.29, 1.82) is 0 Å². The molecule has 0 fully saturated rings. The summed E-state index contributed by atoms with van der Waals surface area (Å²) in [4.78, 5) is 17.2. The van der Waals surface area contributed by atoms with E-state index in [1.165, 1.54) is 21.4 Å². The molecule has 0 spiro atoms. The summed E-state index contributed by atoms with van der Waals surface area (Å²) in [5.41, 5.74) is 2.80. The number of benzene rings is 1. The predicted molar refractivity (Wildman–Crippen MR) is 114 cm³/mol. The highest BCUT2D eigenvalue weighted by Crippen LogP contribution is 2.32. The van der Waals surface area contributed by atoms with Crippen LogP contribution in [0.1, 0.15) is 29.5 Å². The summed E-state index contributed by atoms with van der Waals surface area (Å²) in [6.07, 6.45) is -1.49. The number of aryl methyl sites for hydroxylation is 3. The van der Waals surface area contributed by atoms with Gasteiger partial charge in [0.25, 0.3) is 5.89 Å². The standard InChI is InChI=1S/C22H17F3N6O3/c1-10-18(11(2)34-29-10)14-6-16-17(7-15(14)23)31(22(32)30(16)3)9-13-5-4-12(8-26-13)20-27-28-21(33-20)19(24)25/h4-8,19H,9H2,1-3H3. The van der Waals surface area contributed by atoms with Crippen LogP contribution in [0.5, 0.6) is 0 Å². The van der Waals surface area contributed by atoms with Gasteiger partial charge in [-0.05, 0) is 32.0 Å². The average Bonchev–Trinajstić information content (AvgIpc) is 3.49. The van der Waals surface area contributed by atoms with Crippen molar-refractivity contribution >= 4 is 11.0 Å². The Hall–Kier alpha value is -4.22. The van der Waals surface area contributed by atoms with Gasteiger partial charge in [0.2, 0.25) is 5.89 Å². The van der Waals surface area contributed by atoms with Crippen molar-refractivity contribution in [3.8, 4) is 22.6 Å². The third kappa shape index (κ3) is 3.47. The maximum absolute atomic E-state index is 15.1. The van der Waals surface area contributed by atoms with Gasteiger partial charge in [0.15, 0.2) is 0 Å². The van der Waals surface area contributed by atoms with Gasteiger partial charge in [-0.25, -0.2) is 9.18 Å². The van der Waals surface area contributed by atoms with Crippen LogP contribution < -0.4 is 5.69 Å². The van der Waals surface area contributed by atoms with Gasteiger partial charge in [0.05, 0.1) is 40.1 Å². The first-order chi connectivity index (χ1) is 16.2. The van der Waals surface area contributed by atoms with Crippen molar-refractivity contribution in [3.63, 3.8) is 0 Å². The fourth-order valence-electron chi connectivity index (χ4n) is 3.88. The Morgan fingerprint density at radius 2 is 1.91 bits per heavy atom. The zero-order valence-electron chi connectivity index (χ0n) is 18.2. The third-order valence-electron chi connectivity index (χ3n) is 5.56. The lowest BCUT2D eigenvalue weighted by atomic mass is 10.0. The van der Waals surface area contributed by atoms with Gasteiger partial charge >= 0.3 is 12.1 Å². The Kier molecular flexibility index (Phi) is 5.07. The molecular formula is C22H17F3N6O3. The molecule has 0 radical (unpaired) electrons. The molecule has 4 aromatic heterocycles. The molecule has 34 heavy (non-hydrogen) atoms. The smallest absolute Gasteiger partial charge is 0.329 e. The fraction of sp³-hybridized carbons (Fsp3) is 0.227. The molecule has 0 amide bonds. The van der Waals surface area contributed by atoms with E-state index in [-0.39, 0.29) is 18.1 Å². The van der Waals surface area contributed by atoms with E-state index in [1.54, 1.807) is 39.1 Å². The molecular weight excluding hydrogens is 453 g/mol. The van der Waals surface area contributed by atoms with Crippen LogP contribution in [0.3, 0.4) is 0 Å². The van der Waals surface area contributed by atoms with Crippen LogP contribution in [0.15, 0.2) is 44.2 Å². The number of fused-ring (bicyclic) bond motifs is 1. The summed E-state index contributed by atoms with van der Waals surface area (Å²) < 4.78 is 53.3. The third-order valence-corrected chi connectivity index (χ3v) is 5.56. The first-order valence-electron chi connectivity index (χ1n) is 10.1. The number of hydrogen-bond donors (Lipinski definition) is 0. The van der Waals surface area contributed by atoms with E-state index in [0.717, 1.165) is 0 Å². The van der Waals surface area contributed by atoms with E-state index in [4.69, 9.17) is 8.94 Å². The summed E-state index contributed by atoms with van der Waals surface area (Å²) in [5.74, 6) is -0.910. The Labute approximate surface area is 189 Å². The zero-order chi connectivity index (χ0) is 24.1. The number of alkyl halides is 2. The second kappa shape index (κ2) is 7.97. The Morgan fingerprint density at radius 3 is 2.53 bits per heavy atom. The second-order valence-electron chi connectivity index (χ2n) is 7.73. The van der Waals surface area contributed by atoms with Crippen LogP contribution in [-0.2, 0) is 13.6 Å². The number of hydrogen-bond acceptors (Lipinski definition) is 7. The molecule has 4 heterocycles. The predicted octanol–water partition coefficient (Wildman–Crippen LogP) is 4.18. The minimum absolute atomic E-state index is 0.0622. The van der Waals surface area contributed by atoms with Crippen LogP contribution in [0.2, 0.25) is 0 Å². The van der Waals surface area contributed by atoms with Gasteiger partial charge in [-0.3, -0.25) is 14.1 Å². The molecule has 0 atom stereocenters. The molecule has 9 nitrogen and oxygen atoms in total. The number of nitrogens with zero attached hydrogens (tertiary/aromatic N) is 6. The number of rotatable bonds is 5. The van der Waals surface area contributed by atoms with E-state index in [0.29, 0.717) is 44.9 Å². The highest BCUT2D eigenvalue weighted by molar-refractivity contribution is 5.84. The lowest BCUT2D eigenvalue weighted by Gasteiger charge is -2.06. The summed E-state index contributed by atoms with van der Waals surface area (Å²) in [6.45, 7) is 3.48. The molecule has 0 unspecified atom stereocenters. The summed E-state index contributed by atoms with van der Waals surface area (Å²) >= 11 is 0. The van der Waals surface area contributed by atoms with Crippen molar-refractivity contribution < 1.29 is 22.1 Å². The SMILES string of the molecule is Cc1noc(C)c1-c1cc2c(cc1F)n(Cc1ccc(-c3nnc(C(F)F)o3)cn1)c(=O)n2C. The highest BCUT2D eigenvalue weighted by atomic mass is 19.3. The Bertz CT molecular complexity index is 1560. The molecule has 0 bridgehead atoms. The molecule has 12 heteroatoms. The zero-order valence-corrected chi connectivity index (χ0v) is 18.2. The van der Waals surface area contributed by atoms with Gasteiger partial charge in [0.1, 0.15) is 11.6 Å². The maximum atomic E-state index is 15.1. The lowest BCUT2D eigenvalue weighted by molar-refractivity contribution is 0.116. The van der Waals surface area contributed by atoms with Crippen molar-refractivity contribution in [2.75, 3.05) is 0 Å². The molecule has 1 aromatic carbocycles. The van der Waals surface area contributed by atoms with E-state index in [1.807, 2.05) is 0 Å². The van der Waals surface area contributed by atoms with Crippen LogP contribution >= 0.6 is 0 Å². The topological polar surface area (TPSA) is 105 Å². The molecule has 0 aliphatic carbocycles. The number of aromatic nitrogens is 6. The molecule has 174 valence electrons. The minimum atomic E-state index is -2.87. The Morgan fingerprint density at radius 1 is 1.12 bits per heavy atom. The molecule has 0 aliphatic rings. The molecule has 0 N–H and O–H groups in total. The van der Waals surface area contributed by atoms with Gasteiger partial charge in [0, 0.05) is 24.9 Å². The van der Waals surface area contributed by atoms with Crippen molar-refractivity contribution in [1.82, 2.24) is 29.5 Å². The van der Waals surface area contributed by atoms with Crippen molar-refractivity contribution in [2.45, 2.75) is 26.8 Å². The van der Waals surface area contributed by atoms with E-state index < -0.39 is 18.1 Å². The molecule has 5 rings (SSSR count). The van der Waals surface area contributed by atoms with Gasteiger partial charge in [-0.2, -0.15) is 8.78 Å². The summed E-state index contributed by atoms with van der Waals surface area (Å²) in [6, 6.07) is 6.07. The van der Waals surface area contributed by atoms with E-state index >= 15 is 4.39 Å². The van der Waals surface area contributed by atoms with E-state index in [2.05, 4.69) is 20.3 Å². The van der Waals surface area contributed by atoms with Crippen molar-refractivity contribution in [3.05, 3.63) is 69.8 Å². The van der Waals surface area contributed by atoms with E-state index in [9.17, 15) is 13.6 Å². The largest absolute Gasteiger partial charge is 0.415 e. The number of pyridine rings is 1. The van der Waals surface area contributed by atoms with Gasteiger partial charge in [-0.1, -0.05) is 5.16 Å². The van der Waals surface area contributed by atoms with Crippen molar-refractivity contribution in [2.24, 2.45) is 7.05 Å². The fourth-order valence-corrected chi connectivity index (χ4v) is 3.88. The first kappa shape index (κ1) is 21.6. The van der Waals surface area contributed by atoms with Crippen LogP contribution in [0.4, 0.5) is 13.2 Å². The quantitative estimate of drug-likeness (QED) is 0.379. The van der Waals surface area contributed by atoms with Crippen LogP contribution in [0.25, 0.3) is 33.6 Å². The number of halogens is 3. The van der Waals surface area contributed by atoms with Gasteiger partial charge < -0.3 is 8.94 Å².